The summed E-state index contributed by atoms with van der Waals surface area (Å²) in [6.45, 7) is 2.88. The second-order valence-corrected chi connectivity index (χ2v) is 5.51. The monoisotopic (exact) mass is 247 g/mol. The lowest BCUT2D eigenvalue weighted by atomic mass is 9.51. The molecule has 0 aromatic heterocycles. The molecule has 2 unspecified atom stereocenters. The molecule has 2 atom stereocenters. The van der Waals surface area contributed by atoms with Crippen LogP contribution in [0.2, 0.25) is 0 Å². The minimum Gasteiger partial charge on any atom is -0.508 e. The Kier molecular flexibility index (Phi) is 2.94. The number of aromatic hydroxyl groups is 1. The lowest BCUT2D eigenvalue weighted by Crippen LogP contribution is -2.64. The van der Waals surface area contributed by atoms with Gasteiger partial charge in [0.2, 0.25) is 0 Å². The van der Waals surface area contributed by atoms with Crippen LogP contribution in [-0.2, 0) is 4.74 Å². The van der Waals surface area contributed by atoms with Crippen LogP contribution in [0.25, 0.3) is 0 Å². The molecule has 1 aromatic rings. The predicted octanol–water partition coefficient (Wildman–Crippen LogP) is 3.15. The predicted molar refractivity (Wildman–Crippen MR) is 71.8 cm³/mol. The molecular weight excluding hydrogens is 226 g/mol. The van der Waals surface area contributed by atoms with E-state index in [0.29, 0.717) is 23.3 Å². The summed E-state index contributed by atoms with van der Waals surface area (Å²) in [6, 6.07) is 7.89. The first kappa shape index (κ1) is 11.8. The number of phenols is 1. The number of hydrogen-bond donors (Lipinski definition) is 2. The third-order valence-electron chi connectivity index (χ3n) is 4.62. The molecule has 2 aliphatic rings. The van der Waals surface area contributed by atoms with Crippen molar-refractivity contribution in [1.82, 2.24) is 0 Å². The highest BCUT2D eigenvalue weighted by Crippen LogP contribution is 2.58. The van der Waals surface area contributed by atoms with Crippen molar-refractivity contribution in [2.45, 2.75) is 44.8 Å². The zero-order chi connectivity index (χ0) is 12.6. The van der Waals surface area contributed by atoms with Crippen molar-refractivity contribution in [3.05, 3.63) is 24.3 Å². The molecule has 1 aromatic carbocycles. The molecule has 0 radical (unpaired) electrons. The van der Waals surface area contributed by atoms with Gasteiger partial charge in [0.05, 0.1) is 6.10 Å². The summed E-state index contributed by atoms with van der Waals surface area (Å²) in [6.07, 6.45) is 5.39. The molecule has 0 saturated heterocycles. The Bertz CT molecular complexity index is 428. The Labute approximate surface area is 108 Å². The topological polar surface area (TPSA) is 41.5 Å². The third kappa shape index (κ3) is 1.77. The minimum atomic E-state index is 0.323. The van der Waals surface area contributed by atoms with Crippen LogP contribution in [-0.4, -0.2) is 23.9 Å². The van der Waals surface area contributed by atoms with Crippen LogP contribution < -0.4 is 5.32 Å². The molecule has 0 bridgehead atoms. The van der Waals surface area contributed by atoms with Crippen LogP contribution >= 0.6 is 0 Å². The average Bonchev–Trinajstić information content (AvgIpc) is 2.25. The summed E-state index contributed by atoms with van der Waals surface area (Å²) < 4.78 is 5.84. The molecule has 2 saturated carbocycles. The Morgan fingerprint density at radius 3 is 2.89 bits per heavy atom. The van der Waals surface area contributed by atoms with E-state index in [4.69, 9.17) is 4.74 Å². The highest BCUT2D eigenvalue weighted by Gasteiger charge is 2.58. The van der Waals surface area contributed by atoms with E-state index in [0.717, 1.165) is 18.7 Å². The molecule has 1 spiro atoms. The molecule has 2 fully saturated rings. The number of benzene rings is 1. The van der Waals surface area contributed by atoms with Gasteiger partial charge < -0.3 is 15.2 Å². The number of phenolic OH excluding ortho intramolecular Hbond substituents is 1. The number of anilines is 1. The van der Waals surface area contributed by atoms with Crippen molar-refractivity contribution in [2.24, 2.45) is 5.41 Å². The van der Waals surface area contributed by atoms with E-state index in [2.05, 4.69) is 12.2 Å². The molecule has 0 aliphatic heterocycles. The number of ether oxygens (including phenoxy) is 1. The fraction of sp³-hybridized carbons (Fsp3) is 0.600. The summed E-state index contributed by atoms with van der Waals surface area (Å²) in [5.74, 6) is 0.323. The van der Waals surface area contributed by atoms with E-state index in [1.807, 2.05) is 12.1 Å². The van der Waals surface area contributed by atoms with E-state index in [1.165, 1.54) is 19.3 Å². The van der Waals surface area contributed by atoms with E-state index >= 15 is 0 Å². The first-order chi connectivity index (χ1) is 8.74. The zero-order valence-electron chi connectivity index (χ0n) is 10.9. The standard InChI is InChI=1S/C15H21NO2/c1-2-18-14-10-13(15(14)7-4-8-15)16-11-5-3-6-12(17)9-11/h3,5-6,9,13-14,16-17H,2,4,7-8,10H2,1H3. The molecule has 3 nitrogen and oxygen atoms in total. The van der Waals surface area contributed by atoms with Gasteiger partial charge in [-0.3, -0.25) is 0 Å². The number of rotatable bonds is 4. The van der Waals surface area contributed by atoms with E-state index in [-0.39, 0.29) is 0 Å². The quantitative estimate of drug-likeness (QED) is 0.858. The average molecular weight is 247 g/mol. The van der Waals surface area contributed by atoms with Crippen LogP contribution in [0.15, 0.2) is 24.3 Å². The normalized spacial score (nSPS) is 28.5. The van der Waals surface area contributed by atoms with Crippen LogP contribution in [0.5, 0.6) is 5.75 Å². The Morgan fingerprint density at radius 1 is 1.44 bits per heavy atom. The number of hydrogen-bond acceptors (Lipinski definition) is 3. The smallest absolute Gasteiger partial charge is 0.117 e. The van der Waals surface area contributed by atoms with Gasteiger partial charge in [0.25, 0.3) is 0 Å². The third-order valence-corrected chi connectivity index (χ3v) is 4.62. The van der Waals surface area contributed by atoms with Crippen LogP contribution in [0.4, 0.5) is 5.69 Å². The van der Waals surface area contributed by atoms with Gasteiger partial charge in [-0.1, -0.05) is 12.5 Å². The van der Waals surface area contributed by atoms with Gasteiger partial charge in [0.15, 0.2) is 0 Å². The van der Waals surface area contributed by atoms with Crippen molar-refractivity contribution in [3.63, 3.8) is 0 Å². The Balaban J connectivity index is 1.68. The molecular formula is C15H21NO2. The van der Waals surface area contributed by atoms with Crippen molar-refractivity contribution in [2.75, 3.05) is 11.9 Å². The lowest BCUT2D eigenvalue weighted by molar-refractivity contribution is -0.157. The fourth-order valence-corrected chi connectivity index (χ4v) is 3.44. The summed E-state index contributed by atoms with van der Waals surface area (Å²) >= 11 is 0. The maximum atomic E-state index is 9.49. The van der Waals surface area contributed by atoms with Gasteiger partial charge in [-0.2, -0.15) is 0 Å². The first-order valence-corrected chi connectivity index (χ1v) is 6.92. The minimum absolute atomic E-state index is 0.323. The van der Waals surface area contributed by atoms with E-state index in [9.17, 15) is 5.11 Å². The highest BCUT2D eigenvalue weighted by atomic mass is 16.5. The van der Waals surface area contributed by atoms with Gasteiger partial charge >= 0.3 is 0 Å². The maximum Gasteiger partial charge on any atom is 0.117 e. The second-order valence-electron chi connectivity index (χ2n) is 5.51. The van der Waals surface area contributed by atoms with Gasteiger partial charge in [-0.15, -0.1) is 0 Å². The molecule has 2 aliphatic carbocycles. The fourth-order valence-electron chi connectivity index (χ4n) is 3.44. The maximum absolute atomic E-state index is 9.49. The summed E-state index contributed by atoms with van der Waals surface area (Å²) in [5, 5.41) is 13.0. The SMILES string of the molecule is CCOC1CC(Nc2cccc(O)c2)C12CCC2. The lowest BCUT2D eigenvalue weighted by Gasteiger charge is -2.61. The molecule has 3 rings (SSSR count). The Morgan fingerprint density at radius 2 is 2.28 bits per heavy atom. The van der Waals surface area contributed by atoms with Crippen LogP contribution in [0.1, 0.15) is 32.6 Å². The van der Waals surface area contributed by atoms with E-state index in [1.54, 1.807) is 12.1 Å². The van der Waals surface area contributed by atoms with Crippen molar-refractivity contribution in [3.8, 4) is 5.75 Å². The zero-order valence-corrected chi connectivity index (χ0v) is 10.9. The highest BCUT2D eigenvalue weighted by molar-refractivity contribution is 5.49. The molecule has 0 amide bonds. The largest absolute Gasteiger partial charge is 0.508 e. The van der Waals surface area contributed by atoms with Crippen molar-refractivity contribution >= 4 is 5.69 Å². The Hall–Kier alpha value is -1.22. The second kappa shape index (κ2) is 4.47. The van der Waals surface area contributed by atoms with Crippen LogP contribution in [0, 0.1) is 5.41 Å². The summed E-state index contributed by atoms with van der Waals surface area (Å²) in [5.41, 5.74) is 1.38. The summed E-state index contributed by atoms with van der Waals surface area (Å²) in [7, 11) is 0. The van der Waals surface area contributed by atoms with Gasteiger partial charge in [0, 0.05) is 29.8 Å². The summed E-state index contributed by atoms with van der Waals surface area (Å²) in [4.78, 5) is 0. The van der Waals surface area contributed by atoms with Crippen molar-refractivity contribution < 1.29 is 9.84 Å². The molecule has 98 valence electrons. The van der Waals surface area contributed by atoms with E-state index < -0.39 is 0 Å². The molecule has 2 N–H and O–H groups in total. The number of nitrogens with one attached hydrogen (secondary N) is 1. The van der Waals surface area contributed by atoms with Gasteiger partial charge in [0.1, 0.15) is 5.75 Å². The van der Waals surface area contributed by atoms with Gasteiger partial charge in [-0.25, -0.2) is 0 Å². The van der Waals surface area contributed by atoms with Gasteiger partial charge in [-0.05, 0) is 38.3 Å². The molecule has 0 heterocycles. The molecule has 18 heavy (non-hydrogen) atoms. The first-order valence-electron chi connectivity index (χ1n) is 6.92. The molecule has 3 heteroatoms. The van der Waals surface area contributed by atoms with Crippen molar-refractivity contribution in [1.29, 1.82) is 0 Å². The van der Waals surface area contributed by atoms with Crippen LogP contribution in [0.3, 0.4) is 0 Å².